The second kappa shape index (κ2) is 10.1. The number of carbonyl (C=O) groups excluding carboxylic acids is 1. The SMILES string of the molecule is CCCc1c(OCc2ccc([C@@H](O)c3cccc(C(=O)O)c3)cc2)ccc(C(C)=O)c1O. The molecule has 0 saturated carbocycles. The number of rotatable bonds is 9. The van der Waals surface area contributed by atoms with E-state index in [0.29, 0.717) is 28.9 Å². The molecule has 3 rings (SSSR count). The van der Waals surface area contributed by atoms with Gasteiger partial charge in [0.05, 0.1) is 11.1 Å². The zero-order valence-electron chi connectivity index (χ0n) is 18.0. The second-order valence-corrected chi connectivity index (χ2v) is 7.61. The van der Waals surface area contributed by atoms with Crippen LogP contribution in [0.3, 0.4) is 0 Å². The summed E-state index contributed by atoms with van der Waals surface area (Å²) in [5, 5.41) is 30.2. The number of phenolic OH excluding ortho intramolecular Hbond substituents is 1. The lowest BCUT2D eigenvalue weighted by molar-refractivity contribution is 0.0696. The lowest BCUT2D eigenvalue weighted by atomic mass is 9.99. The molecule has 3 aromatic carbocycles. The van der Waals surface area contributed by atoms with Gasteiger partial charge in [0.15, 0.2) is 5.78 Å². The number of Topliss-reactive ketones (excluding diaryl/α,β-unsaturated/α-hetero) is 1. The Bertz CT molecular complexity index is 1120. The Balaban J connectivity index is 1.74. The summed E-state index contributed by atoms with van der Waals surface area (Å²) in [6, 6.07) is 16.7. The fourth-order valence-electron chi connectivity index (χ4n) is 3.52. The van der Waals surface area contributed by atoms with Crippen molar-refractivity contribution < 1.29 is 29.6 Å². The average molecular weight is 434 g/mol. The van der Waals surface area contributed by atoms with Crippen molar-refractivity contribution in [3.63, 3.8) is 0 Å². The van der Waals surface area contributed by atoms with E-state index in [4.69, 9.17) is 9.84 Å². The molecule has 3 aromatic rings. The minimum Gasteiger partial charge on any atom is -0.507 e. The Morgan fingerprint density at radius 2 is 1.72 bits per heavy atom. The van der Waals surface area contributed by atoms with Gasteiger partial charge in [-0.05, 0) is 54.3 Å². The van der Waals surface area contributed by atoms with E-state index in [1.165, 1.54) is 19.1 Å². The first-order valence-electron chi connectivity index (χ1n) is 10.4. The van der Waals surface area contributed by atoms with E-state index >= 15 is 0 Å². The first kappa shape index (κ1) is 23.0. The van der Waals surface area contributed by atoms with Gasteiger partial charge in [0.25, 0.3) is 0 Å². The van der Waals surface area contributed by atoms with E-state index in [-0.39, 0.29) is 29.3 Å². The van der Waals surface area contributed by atoms with E-state index in [1.54, 1.807) is 36.4 Å². The molecular formula is C26H26O6. The minimum absolute atomic E-state index is 0.0288. The summed E-state index contributed by atoms with van der Waals surface area (Å²) < 4.78 is 5.92. The smallest absolute Gasteiger partial charge is 0.335 e. The van der Waals surface area contributed by atoms with Crippen molar-refractivity contribution in [3.05, 3.63) is 94.0 Å². The Morgan fingerprint density at radius 1 is 1.00 bits per heavy atom. The monoisotopic (exact) mass is 434 g/mol. The molecule has 0 unspecified atom stereocenters. The lowest BCUT2D eigenvalue weighted by Crippen LogP contribution is -2.04. The number of aliphatic hydroxyl groups is 1. The number of aromatic hydroxyl groups is 1. The highest BCUT2D eigenvalue weighted by molar-refractivity contribution is 5.97. The van der Waals surface area contributed by atoms with Gasteiger partial charge in [-0.2, -0.15) is 0 Å². The highest BCUT2D eigenvalue weighted by atomic mass is 16.5. The molecule has 0 spiro atoms. The van der Waals surface area contributed by atoms with Crippen molar-refractivity contribution in [3.8, 4) is 11.5 Å². The Kier molecular flexibility index (Phi) is 7.28. The summed E-state index contributed by atoms with van der Waals surface area (Å²) in [5.41, 5.74) is 3.01. The van der Waals surface area contributed by atoms with Gasteiger partial charge in [0.1, 0.15) is 24.2 Å². The van der Waals surface area contributed by atoms with Crippen LogP contribution in [0, 0.1) is 0 Å². The fourth-order valence-corrected chi connectivity index (χ4v) is 3.52. The molecule has 0 aliphatic carbocycles. The van der Waals surface area contributed by atoms with E-state index in [2.05, 4.69) is 0 Å². The number of carbonyl (C=O) groups is 2. The number of benzene rings is 3. The van der Waals surface area contributed by atoms with Crippen LogP contribution in [0.1, 0.15) is 69.3 Å². The van der Waals surface area contributed by atoms with Crippen molar-refractivity contribution in [1.82, 2.24) is 0 Å². The van der Waals surface area contributed by atoms with Crippen molar-refractivity contribution in [2.45, 2.75) is 39.4 Å². The number of carboxylic acids is 1. The lowest BCUT2D eigenvalue weighted by Gasteiger charge is -2.15. The summed E-state index contributed by atoms with van der Waals surface area (Å²) in [6.45, 7) is 3.65. The van der Waals surface area contributed by atoms with Crippen molar-refractivity contribution in [2.24, 2.45) is 0 Å². The molecule has 0 aliphatic heterocycles. The molecule has 0 aliphatic rings. The van der Waals surface area contributed by atoms with Crippen LogP contribution in [0.25, 0.3) is 0 Å². The van der Waals surface area contributed by atoms with Crippen LogP contribution in [-0.2, 0) is 13.0 Å². The molecule has 32 heavy (non-hydrogen) atoms. The largest absolute Gasteiger partial charge is 0.507 e. The summed E-state index contributed by atoms with van der Waals surface area (Å²) in [6.07, 6.45) is 0.431. The van der Waals surface area contributed by atoms with Crippen LogP contribution in [0.5, 0.6) is 11.5 Å². The predicted octanol–water partition coefficient (Wildman–Crippen LogP) is 4.91. The van der Waals surface area contributed by atoms with Crippen molar-refractivity contribution in [2.75, 3.05) is 0 Å². The zero-order valence-corrected chi connectivity index (χ0v) is 18.0. The number of ether oxygens (including phenoxy) is 1. The Morgan fingerprint density at radius 3 is 2.34 bits per heavy atom. The summed E-state index contributed by atoms with van der Waals surface area (Å²) in [4.78, 5) is 22.9. The maximum atomic E-state index is 11.7. The van der Waals surface area contributed by atoms with Gasteiger partial charge in [-0.25, -0.2) is 4.79 Å². The minimum atomic E-state index is -1.05. The molecule has 6 nitrogen and oxygen atoms in total. The quantitative estimate of drug-likeness (QED) is 0.414. The molecule has 0 saturated heterocycles. The van der Waals surface area contributed by atoms with Gasteiger partial charge < -0.3 is 20.1 Å². The van der Waals surface area contributed by atoms with Gasteiger partial charge in [0, 0.05) is 5.56 Å². The van der Waals surface area contributed by atoms with Crippen LogP contribution in [0.2, 0.25) is 0 Å². The Labute approximate surface area is 186 Å². The van der Waals surface area contributed by atoms with Gasteiger partial charge >= 0.3 is 5.97 Å². The number of aromatic carboxylic acids is 1. The summed E-state index contributed by atoms with van der Waals surface area (Å²) in [5.74, 6) is -0.742. The number of hydrogen-bond donors (Lipinski definition) is 3. The standard InChI is InChI=1S/C26H26O6/c1-3-5-22-23(13-12-21(16(2)27)25(22)29)32-15-17-8-10-18(11-9-17)24(28)19-6-4-7-20(14-19)26(30)31/h4,6-14,24,28-29H,3,5,15H2,1-2H3,(H,30,31)/t24-/m1/s1. The van der Waals surface area contributed by atoms with Crippen LogP contribution in [0.15, 0.2) is 60.7 Å². The molecule has 0 fully saturated rings. The predicted molar refractivity (Wildman–Crippen MR) is 120 cm³/mol. The summed E-state index contributed by atoms with van der Waals surface area (Å²) in [7, 11) is 0. The first-order chi connectivity index (χ1) is 15.3. The van der Waals surface area contributed by atoms with E-state index < -0.39 is 12.1 Å². The second-order valence-electron chi connectivity index (χ2n) is 7.61. The maximum absolute atomic E-state index is 11.7. The molecule has 0 bridgehead atoms. The van der Waals surface area contributed by atoms with E-state index in [0.717, 1.165) is 12.0 Å². The van der Waals surface area contributed by atoms with Crippen molar-refractivity contribution >= 4 is 11.8 Å². The third-order valence-corrected chi connectivity index (χ3v) is 5.26. The van der Waals surface area contributed by atoms with Crippen LogP contribution in [-0.4, -0.2) is 27.1 Å². The number of phenols is 1. The number of aliphatic hydroxyl groups excluding tert-OH is 1. The number of ketones is 1. The highest BCUT2D eigenvalue weighted by Gasteiger charge is 2.16. The van der Waals surface area contributed by atoms with Crippen LogP contribution in [0.4, 0.5) is 0 Å². The first-order valence-corrected chi connectivity index (χ1v) is 10.4. The molecule has 0 heterocycles. The molecular weight excluding hydrogens is 408 g/mol. The highest BCUT2D eigenvalue weighted by Crippen LogP contribution is 2.33. The average Bonchev–Trinajstić information content (AvgIpc) is 2.79. The van der Waals surface area contributed by atoms with Crippen molar-refractivity contribution in [1.29, 1.82) is 0 Å². The maximum Gasteiger partial charge on any atom is 0.335 e. The number of carboxylic acid groups (broad SMARTS) is 1. The third-order valence-electron chi connectivity index (χ3n) is 5.26. The summed E-state index contributed by atoms with van der Waals surface area (Å²) >= 11 is 0. The molecule has 0 amide bonds. The topological polar surface area (TPSA) is 104 Å². The molecule has 3 N–H and O–H groups in total. The third kappa shape index (κ3) is 5.15. The van der Waals surface area contributed by atoms with Gasteiger partial charge in [-0.1, -0.05) is 49.7 Å². The van der Waals surface area contributed by atoms with Gasteiger partial charge in [-0.3, -0.25) is 4.79 Å². The molecule has 0 aromatic heterocycles. The molecule has 166 valence electrons. The van der Waals surface area contributed by atoms with Gasteiger partial charge in [0.2, 0.25) is 0 Å². The van der Waals surface area contributed by atoms with Crippen LogP contribution < -0.4 is 4.74 Å². The number of hydrogen-bond acceptors (Lipinski definition) is 5. The molecule has 0 radical (unpaired) electrons. The van der Waals surface area contributed by atoms with E-state index in [1.807, 2.05) is 19.1 Å². The normalized spacial score (nSPS) is 11.7. The Hall–Kier alpha value is -3.64. The molecule has 1 atom stereocenters. The fraction of sp³-hybridized carbons (Fsp3) is 0.231. The molecule has 6 heteroatoms. The van der Waals surface area contributed by atoms with Gasteiger partial charge in [-0.15, -0.1) is 0 Å². The van der Waals surface area contributed by atoms with Crippen LogP contribution >= 0.6 is 0 Å². The van der Waals surface area contributed by atoms with E-state index in [9.17, 15) is 19.8 Å². The zero-order chi connectivity index (χ0) is 23.3.